The highest BCUT2D eigenvalue weighted by atomic mass is 15.2. The number of nitrogens with zero attached hydrogens (tertiary/aromatic N) is 3. The number of hydrogen-bond acceptors (Lipinski definition) is 5. The summed E-state index contributed by atoms with van der Waals surface area (Å²) in [7, 11) is 0. The lowest BCUT2D eigenvalue weighted by atomic mass is 10.2. The zero-order valence-corrected chi connectivity index (χ0v) is 11.3. The van der Waals surface area contributed by atoms with Crippen LogP contribution in [0.3, 0.4) is 0 Å². The van der Waals surface area contributed by atoms with Crippen LogP contribution >= 0.6 is 0 Å². The van der Waals surface area contributed by atoms with E-state index in [1.807, 2.05) is 12.1 Å². The monoisotopic (exact) mass is 257 g/mol. The van der Waals surface area contributed by atoms with E-state index in [1.54, 1.807) is 12.1 Å². The first-order valence-electron chi connectivity index (χ1n) is 6.44. The molecule has 0 unspecified atom stereocenters. The highest BCUT2D eigenvalue weighted by molar-refractivity contribution is 5.60. The van der Waals surface area contributed by atoms with Crippen molar-refractivity contribution < 1.29 is 0 Å². The minimum absolute atomic E-state index is 0.419. The second kappa shape index (κ2) is 6.04. The summed E-state index contributed by atoms with van der Waals surface area (Å²) in [4.78, 5) is 2.30. The fraction of sp³-hybridized carbons (Fsp3) is 0.286. The molecule has 0 aliphatic rings. The molecule has 0 radical (unpaired) electrons. The van der Waals surface area contributed by atoms with Crippen LogP contribution in [0.15, 0.2) is 36.4 Å². The fourth-order valence-electron chi connectivity index (χ4n) is 1.90. The van der Waals surface area contributed by atoms with Gasteiger partial charge in [-0.05, 0) is 50.2 Å². The van der Waals surface area contributed by atoms with Gasteiger partial charge in [0, 0.05) is 24.5 Å². The Morgan fingerprint density at radius 1 is 1.00 bits per heavy atom. The van der Waals surface area contributed by atoms with Gasteiger partial charge >= 0.3 is 0 Å². The van der Waals surface area contributed by atoms with Crippen LogP contribution in [0.4, 0.5) is 23.0 Å². The van der Waals surface area contributed by atoms with Crippen LogP contribution in [-0.4, -0.2) is 23.3 Å². The molecular formula is C14H19N5. The van der Waals surface area contributed by atoms with Crippen molar-refractivity contribution in [2.45, 2.75) is 13.8 Å². The maximum absolute atomic E-state index is 5.50. The second-order valence-electron chi connectivity index (χ2n) is 4.19. The molecule has 19 heavy (non-hydrogen) atoms. The van der Waals surface area contributed by atoms with Crippen LogP contribution < -0.4 is 16.0 Å². The summed E-state index contributed by atoms with van der Waals surface area (Å²) < 4.78 is 0. The molecule has 5 nitrogen and oxygen atoms in total. The first-order valence-corrected chi connectivity index (χ1v) is 6.44. The summed E-state index contributed by atoms with van der Waals surface area (Å²) >= 11 is 0. The third-order valence-corrected chi connectivity index (χ3v) is 2.95. The summed E-state index contributed by atoms with van der Waals surface area (Å²) in [5.74, 6) is 1.10. The van der Waals surface area contributed by atoms with Crippen molar-refractivity contribution >= 4 is 23.0 Å². The molecule has 0 aliphatic heterocycles. The molecule has 1 aromatic carbocycles. The normalized spacial score (nSPS) is 10.2. The maximum Gasteiger partial charge on any atom is 0.153 e. The number of nitrogens with two attached hydrogens (primary N) is 1. The van der Waals surface area contributed by atoms with Crippen molar-refractivity contribution in [1.82, 2.24) is 10.2 Å². The third-order valence-electron chi connectivity index (χ3n) is 2.95. The van der Waals surface area contributed by atoms with Gasteiger partial charge in [0.15, 0.2) is 5.82 Å². The number of hydrogen-bond donors (Lipinski definition) is 2. The minimum Gasteiger partial charge on any atom is -0.382 e. The summed E-state index contributed by atoms with van der Waals surface area (Å²) in [6.45, 7) is 6.32. The Morgan fingerprint density at radius 3 is 2.21 bits per heavy atom. The summed E-state index contributed by atoms with van der Waals surface area (Å²) in [5.41, 5.74) is 7.70. The van der Waals surface area contributed by atoms with Crippen molar-refractivity contribution in [3.05, 3.63) is 36.4 Å². The highest BCUT2D eigenvalue weighted by Gasteiger charge is 2.02. The molecule has 3 N–H and O–H groups in total. The predicted molar refractivity (Wildman–Crippen MR) is 79.7 cm³/mol. The summed E-state index contributed by atoms with van der Waals surface area (Å²) in [6, 6.07) is 11.8. The van der Waals surface area contributed by atoms with Crippen molar-refractivity contribution in [3.8, 4) is 0 Å². The van der Waals surface area contributed by atoms with Gasteiger partial charge in [-0.1, -0.05) is 0 Å². The molecular weight excluding hydrogens is 238 g/mol. The molecule has 1 heterocycles. The fourth-order valence-corrected chi connectivity index (χ4v) is 1.90. The summed E-state index contributed by atoms with van der Waals surface area (Å²) in [6.07, 6.45) is 0. The van der Waals surface area contributed by atoms with Crippen LogP contribution in [-0.2, 0) is 0 Å². The van der Waals surface area contributed by atoms with Gasteiger partial charge in [-0.15, -0.1) is 10.2 Å². The van der Waals surface area contributed by atoms with Gasteiger partial charge in [-0.3, -0.25) is 0 Å². The lowest BCUT2D eigenvalue weighted by Crippen LogP contribution is -2.21. The summed E-state index contributed by atoms with van der Waals surface area (Å²) in [5, 5.41) is 11.0. The van der Waals surface area contributed by atoms with Crippen molar-refractivity contribution in [1.29, 1.82) is 0 Å². The van der Waals surface area contributed by atoms with Crippen LogP contribution in [0.25, 0.3) is 0 Å². The minimum atomic E-state index is 0.419. The number of nitrogen functional groups attached to an aromatic ring is 1. The van der Waals surface area contributed by atoms with E-state index >= 15 is 0 Å². The Morgan fingerprint density at radius 2 is 1.68 bits per heavy atom. The quantitative estimate of drug-likeness (QED) is 0.862. The number of nitrogens with one attached hydrogen (secondary N) is 1. The van der Waals surface area contributed by atoms with Gasteiger partial charge in [0.25, 0.3) is 0 Å². The van der Waals surface area contributed by atoms with E-state index in [-0.39, 0.29) is 0 Å². The zero-order chi connectivity index (χ0) is 13.7. The highest BCUT2D eigenvalue weighted by Crippen LogP contribution is 2.20. The predicted octanol–water partition coefficient (Wildman–Crippen LogP) is 2.65. The van der Waals surface area contributed by atoms with Gasteiger partial charge in [-0.25, -0.2) is 0 Å². The SMILES string of the molecule is CCN(CC)c1ccc(Nc2ccc(N)nn2)cc1. The van der Waals surface area contributed by atoms with Crippen molar-refractivity contribution in [2.75, 3.05) is 29.0 Å². The van der Waals surface area contributed by atoms with E-state index in [0.29, 0.717) is 11.6 Å². The average Bonchev–Trinajstić information content (AvgIpc) is 2.44. The Bertz CT molecular complexity index is 502. The molecule has 1 aromatic heterocycles. The van der Waals surface area contributed by atoms with Crippen molar-refractivity contribution in [3.63, 3.8) is 0 Å². The van der Waals surface area contributed by atoms with Crippen LogP contribution in [0, 0.1) is 0 Å². The molecule has 0 saturated heterocycles. The largest absolute Gasteiger partial charge is 0.382 e. The molecule has 100 valence electrons. The molecule has 0 bridgehead atoms. The van der Waals surface area contributed by atoms with Gasteiger partial charge in [-0.2, -0.15) is 0 Å². The van der Waals surface area contributed by atoms with E-state index in [0.717, 1.165) is 18.8 Å². The number of benzene rings is 1. The van der Waals surface area contributed by atoms with Crippen LogP contribution in [0.5, 0.6) is 0 Å². The number of anilines is 4. The average molecular weight is 257 g/mol. The van der Waals surface area contributed by atoms with E-state index in [4.69, 9.17) is 5.73 Å². The molecule has 2 aromatic rings. The molecule has 0 amide bonds. The maximum atomic E-state index is 5.50. The van der Waals surface area contributed by atoms with Gasteiger partial charge in [0.2, 0.25) is 0 Å². The van der Waals surface area contributed by atoms with Gasteiger partial charge in [0.05, 0.1) is 0 Å². The van der Waals surface area contributed by atoms with Crippen LogP contribution in [0.2, 0.25) is 0 Å². The van der Waals surface area contributed by atoms with E-state index in [1.165, 1.54) is 5.69 Å². The zero-order valence-electron chi connectivity index (χ0n) is 11.3. The Hall–Kier alpha value is -2.30. The van der Waals surface area contributed by atoms with E-state index in [9.17, 15) is 0 Å². The Labute approximate surface area is 113 Å². The topological polar surface area (TPSA) is 67.1 Å². The molecule has 2 rings (SSSR count). The molecule has 0 fully saturated rings. The molecule has 0 aliphatic carbocycles. The molecule has 0 atom stereocenters. The van der Waals surface area contributed by atoms with Gasteiger partial charge in [0.1, 0.15) is 5.82 Å². The molecule has 5 heteroatoms. The molecule has 0 saturated carbocycles. The number of rotatable bonds is 5. The van der Waals surface area contributed by atoms with E-state index < -0.39 is 0 Å². The third kappa shape index (κ3) is 3.34. The van der Waals surface area contributed by atoms with Gasteiger partial charge < -0.3 is 16.0 Å². The smallest absolute Gasteiger partial charge is 0.153 e. The molecule has 0 spiro atoms. The lowest BCUT2D eigenvalue weighted by Gasteiger charge is -2.21. The lowest BCUT2D eigenvalue weighted by molar-refractivity contribution is 0.866. The first-order chi connectivity index (χ1) is 9.22. The standard InChI is InChI=1S/C14H19N5/c1-3-19(4-2)12-7-5-11(6-8-12)16-14-10-9-13(15)17-18-14/h5-10H,3-4H2,1-2H3,(H2,15,17)(H,16,18). The van der Waals surface area contributed by atoms with Crippen LogP contribution in [0.1, 0.15) is 13.8 Å². The number of aromatic nitrogens is 2. The van der Waals surface area contributed by atoms with E-state index in [2.05, 4.69) is 46.4 Å². The second-order valence-corrected chi connectivity index (χ2v) is 4.19. The van der Waals surface area contributed by atoms with Crippen molar-refractivity contribution in [2.24, 2.45) is 0 Å². The Balaban J connectivity index is 2.08. The Kier molecular flexibility index (Phi) is 4.18. The first kappa shape index (κ1) is 13.1.